The molecule has 3 nitrogen and oxygen atoms in total. The van der Waals surface area contributed by atoms with Crippen LogP contribution in [-0.2, 0) is 0 Å². The first-order valence-electron chi connectivity index (χ1n) is 5.29. The third kappa shape index (κ3) is 3.63. The maximum atomic E-state index is 13.4. The van der Waals surface area contributed by atoms with Gasteiger partial charge in [0.2, 0.25) is 0 Å². The fraction of sp³-hybridized carbons (Fsp3) is 0.364. The smallest absolute Gasteiger partial charge is 0.257 e. The number of carbonyl (C=O) groups is 1. The number of hydrogen-bond acceptors (Lipinski definition) is 2. The van der Waals surface area contributed by atoms with E-state index in [1.54, 1.807) is 0 Å². The zero-order valence-electron chi connectivity index (χ0n) is 9.68. The summed E-state index contributed by atoms with van der Waals surface area (Å²) in [6.07, 6.45) is -2.84. The van der Waals surface area contributed by atoms with Gasteiger partial charge >= 0.3 is 0 Å². The van der Waals surface area contributed by atoms with Gasteiger partial charge in [0, 0.05) is 13.1 Å². The van der Waals surface area contributed by atoms with Crippen LogP contribution in [0.5, 0.6) is 0 Å². The van der Waals surface area contributed by atoms with Crippen LogP contribution in [0.25, 0.3) is 0 Å². The highest BCUT2D eigenvalue weighted by atomic mass is 19.3. The molecule has 0 bridgehead atoms. The molecule has 2 N–H and O–H groups in total. The number of halogens is 5. The lowest BCUT2D eigenvalue weighted by atomic mass is 10.1. The van der Waals surface area contributed by atoms with Crippen LogP contribution in [0.1, 0.15) is 10.4 Å². The lowest BCUT2D eigenvalue weighted by Gasteiger charge is -2.21. The molecule has 0 aliphatic heterocycles. The Morgan fingerprint density at radius 2 is 1.84 bits per heavy atom. The van der Waals surface area contributed by atoms with Gasteiger partial charge in [0.1, 0.15) is 0 Å². The van der Waals surface area contributed by atoms with E-state index in [1.165, 1.54) is 0 Å². The molecule has 1 aromatic rings. The van der Waals surface area contributed by atoms with Crippen LogP contribution in [-0.4, -0.2) is 36.9 Å². The van der Waals surface area contributed by atoms with E-state index in [4.69, 9.17) is 5.73 Å². The summed E-state index contributed by atoms with van der Waals surface area (Å²) in [5, 5.41) is 0. The van der Waals surface area contributed by atoms with Gasteiger partial charge in [0.25, 0.3) is 12.3 Å². The third-order valence-electron chi connectivity index (χ3n) is 2.31. The number of alkyl halides is 2. The lowest BCUT2D eigenvalue weighted by Crippen LogP contribution is -2.39. The molecule has 0 heterocycles. The van der Waals surface area contributed by atoms with Gasteiger partial charge in [-0.05, 0) is 12.1 Å². The molecule has 0 radical (unpaired) electrons. The molecule has 19 heavy (non-hydrogen) atoms. The average Bonchev–Trinajstić information content (AvgIpc) is 2.34. The second-order valence-electron chi connectivity index (χ2n) is 3.65. The molecular weight excluding hydrogens is 271 g/mol. The largest absolute Gasteiger partial charge is 0.332 e. The number of nitrogens with zero attached hydrogens (tertiary/aromatic N) is 1. The van der Waals surface area contributed by atoms with Crippen molar-refractivity contribution in [3.63, 3.8) is 0 Å². The van der Waals surface area contributed by atoms with Gasteiger partial charge in [-0.3, -0.25) is 4.79 Å². The third-order valence-corrected chi connectivity index (χ3v) is 2.31. The predicted octanol–water partition coefficient (Wildman–Crippen LogP) is 1.77. The van der Waals surface area contributed by atoms with Crippen molar-refractivity contribution >= 4 is 5.91 Å². The van der Waals surface area contributed by atoms with Crippen LogP contribution in [0, 0.1) is 17.5 Å². The SMILES string of the molecule is NCCN(CC(F)F)C(=O)c1ccc(F)c(F)c1F. The van der Waals surface area contributed by atoms with Crippen molar-refractivity contribution in [2.45, 2.75) is 6.43 Å². The predicted molar refractivity (Wildman–Crippen MR) is 57.3 cm³/mol. The molecule has 0 aromatic heterocycles. The molecule has 0 aliphatic carbocycles. The van der Waals surface area contributed by atoms with Crippen molar-refractivity contribution < 1.29 is 26.7 Å². The Kier molecular flexibility index (Phi) is 5.22. The minimum Gasteiger partial charge on any atom is -0.332 e. The van der Waals surface area contributed by atoms with E-state index in [9.17, 15) is 26.7 Å². The van der Waals surface area contributed by atoms with E-state index in [2.05, 4.69) is 0 Å². The van der Waals surface area contributed by atoms with E-state index in [0.717, 1.165) is 0 Å². The highest BCUT2D eigenvalue weighted by molar-refractivity contribution is 5.94. The van der Waals surface area contributed by atoms with Crippen LogP contribution in [0.4, 0.5) is 22.0 Å². The van der Waals surface area contributed by atoms with Gasteiger partial charge in [-0.15, -0.1) is 0 Å². The van der Waals surface area contributed by atoms with Crippen molar-refractivity contribution in [1.82, 2.24) is 4.90 Å². The van der Waals surface area contributed by atoms with Crippen LogP contribution in [0.2, 0.25) is 0 Å². The zero-order valence-corrected chi connectivity index (χ0v) is 9.68. The highest BCUT2D eigenvalue weighted by Gasteiger charge is 2.24. The first-order chi connectivity index (χ1) is 8.88. The summed E-state index contributed by atoms with van der Waals surface area (Å²) in [5.74, 6) is -6.16. The number of hydrogen-bond donors (Lipinski definition) is 1. The monoisotopic (exact) mass is 282 g/mol. The number of benzene rings is 1. The molecule has 0 atom stereocenters. The molecule has 0 unspecified atom stereocenters. The minimum atomic E-state index is -2.84. The van der Waals surface area contributed by atoms with Gasteiger partial charge in [-0.25, -0.2) is 22.0 Å². The molecule has 0 spiro atoms. The second kappa shape index (κ2) is 6.46. The topological polar surface area (TPSA) is 46.3 Å². The fourth-order valence-electron chi connectivity index (χ4n) is 1.46. The van der Waals surface area contributed by atoms with Crippen LogP contribution < -0.4 is 5.73 Å². The number of rotatable bonds is 5. The Labute approximate surface area is 105 Å². The molecule has 0 saturated heterocycles. The first-order valence-corrected chi connectivity index (χ1v) is 5.29. The molecule has 0 aliphatic rings. The van der Waals surface area contributed by atoms with E-state index < -0.39 is 41.9 Å². The van der Waals surface area contributed by atoms with Gasteiger partial charge in [-0.2, -0.15) is 0 Å². The Balaban J connectivity index is 3.06. The Hall–Kier alpha value is -1.70. The maximum Gasteiger partial charge on any atom is 0.257 e. The Morgan fingerprint density at radius 3 is 2.37 bits per heavy atom. The van der Waals surface area contributed by atoms with Crippen molar-refractivity contribution in [3.05, 3.63) is 35.1 Å². The molecule has 1 aromatic carbocycles. The normalized spacial score (nSPS) is 10.9. The molecule has 0 fully saturated rings. The summed E-state index contributed by atoms with van der Waals surface area (Å²) < 4.78 is 63.6. The van der Waals surface area contributed by atoms with Crippen molar-refractivity contribution in [2.24, 2.45) is 5.73 Å². The molecule has 106 valence electrons. The zero-order chi connectivity index (χ0) is 14.6. The summed E-state index contributed by atoms with van der Waals surface area (Å²) in [4.78, 5) is 12.3. The molecule has 0 saturated carbocycles. The van der Waals surface area contributed by atoms with Crippen LogP contribution >= 0.6 is 0 Å². The first kappa shape index (κ1) is 15.4. The van der Waals surface area contributed by atoms with E-state index >= 15 is 0 Å². The summed E-state index contributed by atoms with van der Waals surface area (Å²) in [6, 6.07) is 1.25. The highest BCUT2D eigenvalue weighted by Crippen LogP contribution is 2.17. The maximum absolute atomic E-state index is 13.4. The fourth-order valence-corrected chi connectivity index (χ4v) is 1.46. The molecule has 8 heteroatoms. The number of nitrogens with two attached hydrogens (primary N) is 1. The summed E-state index contributed by atoms with van der Waals surface area (Å²) >= 11 is 0. The van der Waals surface area contributed by atoms with Crippen LogP contribution in [0.3, 0.4) is 0 Å². The molecular formula is C11H11F5N2O. The van der Waals surface area contributed by atoms with Crippen molar-refractivity contribution in [3.8, 4) is 0 Å². The quantitative estimate of drug-likeness (QED) is 0.661. The van der Waals surface area contributed by atoms with Gasteiger partial charge < -0.3 is 10.6 Å². The van der Waals surface area contributed by atoms with E-state index in [-0.39, 0.29) is 13.1 Å². The van der Waals surface area contributed by atoms with Gasteiger partial charge in [0.05, 0.1) is 12.1 Å². The van der Waals surface area contributed by atoms with Crippen LogP contribution in [0.15, 0.2) is 12.1 Å². The minimum absolute atomic E-state index is 0.121. The van der Waals surface area contributed by atoms with Crippen molar-refractivity contribution in [2.75, 3.05) is 19.6 Å². The van der Waals surface area contributed by atoms with E-state index in [0.29, 0.717) is 17.0 Å². The van der Waals surface area contributed by atoms with Gasteiger partial charge in [-0.1, -0.05) is 0 Å². The number of amides is 1. The summed E-state index contributed by atoms with van der Waals surface area (Å²) in [6.45, 7) is -1.33. The summed E-state index contributed by atoms with van der Waals surface area (Å²) in [7, 11) is 0. The summed E-state index contributed by atoms with van der Waals surface area (Å²) in [5.41, 5.74) is 4.33. The lowest BCUT2D eigenvalue weighted by molar-refractivity contribution is 0.0558. The number of carbonyl (C=O) groups excluding carboxylic acids is 1. The molecule has 1 amide bonds. The van der Waals surface area contributed by atoms with Crippen molar-refractivity contribution in [1.29, 1.82) is 0 Å². The van der Waals surface area contributed by atoms with Gasteiger partial charge in [0.15, 0.2) is 17.5 Å². The Morgan fingerprint density at radius 1 is 1.21 bits per heavy atom. The average molecular weight is 282 g/mol. The van der Waals surface area contributed by atoms with E-state index in [1.807, 2.05) is 0 Å². The molecule has 1 rings (SSSR count). The Bertz CT molecular complexity index is 467. The second-order valence-corrected chi connectivity index (χ2v) is 3.65. The standard InChI is InChI=1S/C11H11F5N2O/c12-7-2-1-6(9(15)10(7)16)11(19)18(4-3-17)5-8(13)14/h1-2,8H,3-5,17H2.